The molecule has 1 aromatic heterocycles. The van der Waals surface area contributed by atoms with Gasteiger partial charge in [0.2, 0.25) is 0 Å². The molecule has 0 saturated heterocycles. The number of carboxylic acid groups (broad SMARTS) is 1. The predicted molar refractivity (Wildman–Crippen MR) is 69.1 cm³/mol. The second-order valence-corrected chi connectivity index (χ2v) is 5.86. The van der Waals surface area contributed by atoms with Gasteiger partial charge in [0.25, 0.3) is 0 Å². The van der Waals surface area contributed by atoms with E-state index in [0.29, 0.717) is 19.5 Å². The molecule has 0 aliphatic carbocycles. The van der Waals surface area contributed by atoms with Crippen LogP contribution in [0.15, 0.2) is 15.9 Å². The number of aliphatic carboxylic acids is 1. The van der Waals surface area contributed by atoms with Gasteiger partial charge in [0, 0.05) is 17.8 Å². The van der Waals surface area contributed by atoms with E-state index in [1.165, 1.54) is 0 Å². The summed E-state index contributed by atoms with van der Waals surface area (Å²) in [5, 5.41) is 13.7. The third-order valence-electron chi connectivity index (χ3n) is 1.91. The second-order valence-electron chi connectivity index (χ2n) is 3.31. The molecule has 0 saturated carbocycles. The summed E-state index contributed by atoms with van der Waals surface area (Å²) in [7, 11) is 0. The molecule has 7 heteroatoms. The molecule has 0 bridgehead atoms. The number of rotatable bonds is 6. The molecule has 0 radical (unpaired) electrons. The molecule has 1 rings (SSSR count). The van der Waals surface area contributed by atoms with Gasteiger partial charge in [-0.15, -0.1) is 11.3 Å². The number of carbonyl (C=O) groups excluding carboxylic acids is 1. The van der Waals surface area contributed by atoms with Crippen LogP contribution >= 0.6 is 27.3 Å². The minimum Gasteiger partial charge on any atom is -0.481 e. The molecule has 0 aromatic carbocycles. The van der Waals surface area contributed by atoms with E-state index >= 15 is 0 Å². The summed E-state index contributed by atoms with van der Waals surface area (Å²) in [4.78, 5) is 22.6. The van der Waals surface area contributed by atoms with Crippen LogP contribution in [0.4, 0.5) is 4.79 Å². The van der Waals surface area contributed by atoms with Gasteiger partial charge in [0.05, 0.1) is 10.3 Å². The summed E-state index contributed by atoms with van der Waals surface area (Å²) in [6, 6.07) is 3.58. The maximum Gasteiger partial charge on any atom is 0.315 e. The average Bonchev–Trinajstić information content (AvgIpc) is 2.67. The van der Waals surface area contributed by atoms with Gasteiger partial charge in [-0.05, 0) is 34.5 Å². The third-order valence-corrected chi connectivity index (χ3v) is 3.53. The zero-order valence-corrected chi connectivity index (χ0v) is 11.4. The van der Waals surface area contributed by atoms with Gasteiger partial charge in [0.15, 0.2) is 0 Å². The Morgan fingerprint density at radius 3 is 2.71 bits per heavy atom. The van der Waals surface area contributed by atoms with Crippen LogP contribution in [0.2, 0.25) is 0 Å². The monoisotopic (exact) mass is 320 g/mol. The molecule has 0 aliphatic rings. The Kier molecular flexibility index (Phi) is 5.99. The van der Waals surface area contributed by atoms with Crippen molar-refractivity contribution < 1.29 is 14.7 Å². The lowest BCUT2D eigenvalue weighted by Gasteiger charge is -2.05. The highest BCUT2D eigenvalue weighted by molar-refractivity contribution is 9.11. The largest absolute Gasteiger partial charge is 0.481 e. The van der Waals surface area contributed by atoms with Gasteiger partial charge in [-0.3, -0.25) is 4.79 Å². The Labute approximate surface area is 111 Å². The lowest BCUT2D eigenvalue weighted by Crippen LogP contribution is -2.35. The van der Waals surface area contributed by atoms with Crippen molar-refractivity contribution in [2.24, 2.45) is 0 Å². The van der Waals surface area contributed by atoms with Crippen LogP contribution in [0.5, 0.6) is 0 Å². The number of hydrogen-bond donors (Lipinski definition) is 3. The number of thiophene rings is 1. The molecular weight excluding hydrogens is 308 g/mol. The second kappa shape index (κ2) is 7.29. The van der Waals surface area contributed by atoms with Crippen LogP contribution in [0.25, 0.3) is 0 Å². The Morgan fingerprint density at radius 1 is 1.35 bits per heavy atom. The van der Waals surface area contributed by atoms with Crippen LogP contribution in [-0.4, -0.2) is 23.7 Å². The van der Waals surface area contributed by atoms with Gasteiger partial charge in [-0.2, -0.15) is 0 Å². The fraction of sp³-hybridized carbons (Fsp3) is 0.400. The van der Waals surface area contributed by atoms with Crippen molar-refractivity contribution in [2.45, 2.75) is 19.4 Å². The number of carbonyl (C=O) groups is 2. The van der Waals surface area contributed by atoms with Crippen molar-refractivity contribution in [1.82, 2.24) is 10.6 Å². The molecule has 17 heavy (non-hydrogen) atoms. The van der Waals surface area contributed by atoms with E-state index < -0.39 is 5.97 Å². The maximum atomic E-state index is 11.3. The standard InChI is InChI=1S/C10H13BrN2O3S/c11-8-4-3-7(17-8)6-13-10(16)12-5-1-2-9(14)15/h3-4H,1-2,5-6H2,(H,14,15)(H2,12,13,16). The Bertz CT molecular complexity index is 395. The van der Waals surface area contributed by atoms with Crippen LogP contribution in [0.1, 0.15) is 17.7 Å². The van der Waals surface area contributed by atoms with Crippen molar-refractivity contribution in [1.29, 1.82) is 0 Å². The summed E-state index contributed by atoms with van der Waals surface area (Å²) in [5.74, 6) is -0.851. The first-order valence-electron chi connectivity index (χ1n) is 5.05. The van der Waals surface area contributed by atoms with E-state index in [2.05, 4.69) is 26.6 Å². The number of nitrogens with one attached hydrogen (secondary N) is 2. The molecular formula is C10H13BrN2O3S. The Hall–Kier alpha value is -1.08. The summed E-state index contributed by atoms with van der Waals surface area (Å²) >= 11 is 4.90. The van der Waals surface area contributed by atoms with Gasteiger partial charge in [0.1, 0.15) is 0 Å². The quantitative estimate of drug-likeness (QED) is 0.703. The number of carboxylic acids is 1. The van der Waals surface area contributed by atoms with Crippen LogP contribution in [0.3, 0.4) is 0 Å². The van der Waals surface area contributed by atoms with Gasteiger partial charge >= 0.3 is 12.0 Å². The first-order valence-corrected chi connectivity index (χ1v) is 6.66. The van der Waals surface area contributed by atoms with Crippen molar-refractivity contribution in [3.63, 3.8) is 0 Å². The predicted octanol–water partition coefficient (Wildman–Crippen LogP) is 2.17. The Balaban J connectivity index is 2.11. The highest BCUT2D eigenvalue weighted by Crippen LogP contribution is 2.21. The molecule has 0 fully saturated rings. The van der Waals surface area contributed by atoms with Crippen LogP contribution in [0, 0.1) is 0 Å². The van der Waals surface area contributed by atoms with Crippen molar-refractivity contribution in [3.05, 3.63) is 20.8 Å². The highest BCUT2D eigenvalue weighted by Gasteiger charge is 2.02. The molecule has 0 aliphatic heterocycles. The number of halogens is 1. The van der Waals surface area contributed by atoms with Crippen molar-refractivity contribution in [2.75, 3.05) is 6.54 Å². The third kappa shape index (κ3) is 6.28. The normalized spacial score (nSPS) is 9.94. The number of urea groups is 1. The summed E-state index contributed by atoms with van der Waals surface area (Å²) in [6.45, 7) is 0.841. The van der Waals surface area contributed by atoms with Crippen LogP contribution < -0.4 is 10.6 Å². The van der Waals surface area contributed by atoms with Crippen molar-refractivity contribution in [3.8, 4) is 0 Å². The zero-order valence-electron chi connectivity index (χ0n) is 9.03. The fourth-order valence-electron chi connectivity index (χ4n) is 1.12. The molecule has 3 N–H and O–H groups in total. The topological polar surface area (TPSA) is 78.4 Å². The minimum atomic E-state index is -0.851. The molecule has 1 aromatic rings. The maximum absolute atomic E-state index is 11.3. The van der Waals surface area contributed by atoms with Crippen molar-refractivity contribution >= 4 is 39.3 Å². The molecule has 0 atom stereocenters. The molecule has 0 unspecified atom stereocenters. The SMILES string of the molecule is O=C(O)CCCNC(=O)NCc1ccc(Br)s1. The smallest absolute Gasteiger partial charge is 0.315 e. The fourth-order valence-corrected chi connectivity index (χ4v) is 2.54. The first kappa shape index (κ1) is 14.0. The molecule has 94 valence electrons. The van der Waals surface area contributed by atoms with Gasteiger partial charge in [-0.25, -0.2) is 4.79 Å². The van der Waals surface area contributed by atoms with E-state index in [1.54, 1.807) is 11.3 Å². The molecule has 1 heterocycles. The Morgan fingerprint density at radius 2 is 2.12 bits per heavy atom. The van der Waals surface area contributed by atoms with E-state index in [-0.39, 0.29) is 12.5 Å². The van der Waals surface area contributed by atoms with E-state index in [9.17, 15) is 9.59 Å². The van der Waals surface area contributed by atoms with E-state index in [1.807, 2.05) is 12.1 Å². The molecule has 5 nitrogen and oxygen atoms in total. The molecule has 2 amide bonds. The van der Waals surface area contributed by atoms with Gasteiger partial charge < -0.3 is 15.7 Å². The number of amides is 2. The lowest BCUT2D eigenvalue weighted by atomic mass is 10.3. The average molecular weight is 321 g/mol. The highest BCUT2D eigenvalue weighted by atomic mass is 79.9. The lowest BCUT2D eigenvalue weighted by molar-refractivity contribution is -0.137. The van der Waals surface area contributed by atoms with E-state index in [4.69, 9.17) is 5.11 Å². The minimum absolute atomic E-state index is 0.0676. The zero-order chi connectivity index (χ0) is 12.7. The van der Waals surface area contributed by atoms with E-state index in [0.717, 1.165) is 8.66 Å². The summed E-state index contributed by atoms with van der Waals surface area (Å²) < 4.78 is 1.02. The van der Waals surface area contributed by atoms with Gasteiger partial charge in [-0.1, -0.05) is 0 Å². The summed E-state index contributed by atoms with van der Waals surface area (Å²) in [6.07, 6.45) is 0.505. The molecule has 0 spiro atoms. The first-order chi connectivity index (χ1) is 8.08. The number of hydrogen-bond acceptors (Lipinski definition) is 3. The van der Waals surface area contributed by atoms with Crippen LogP contribution in [-0.2, 0) is 11.3 Å². The summed E-state index contributed by atoms with van der Waals surface area (Å²) in [5.41, 5.74) is 0.